The van der Waals surface area contributed by atoms with Gasteiger partial charge in [0, 0.05) is 6.20 Å². The second-order valence-electron chi connectivity index (χ2n) is 3.88. The molecule has 5 nitrogen and oxygen atoms in total. The van der Waals surface area contributed by atoms with Crippen LogP contribution in [0.1, 0.15) is 11.3 Å². The van der Waals surface area contributed by atoms with E-state index in [0.717, 1.165) is 17.0 Å². The van der Waals surface area contributed by atoms with Crippen LogP contribution < -0.4 is 5.32 Å². The molecule has 5 heteroatoms. The number of rotatable bonds is 3. The van der Waals surface area contributed by atoms with Gasteiger partial charge in [-0.25, -0.2) is 4.52 Å². The first-order valence-corrected chi connectivity index (χ1v) is 5.40. The molecule has 0 spiro atoms. The molecule has 1 N–H and O–H groups in total. The van der Waals surface area contributed by atoms with Crippen molar-refractivity contribution < 1.29 is 4.42 Å². The second-order valence-corrected chi connectivity index (χ2v) is 3.88. The molecule has 0 aliphatic carbocycles. The van der Waals surface area contributed by atoms with E-state index >= 15 is 0 Å². The van der Waals surface area contributed by atoms with Crippen molar-refractivity contribution in [2.45, 2.75) is 13.5 Å². The van der Waals surface area contributed by atoms with Crippen LogP contribution in [0.5, 0.6) is 0 Å². The van der Waals surface area contributed by atoms with Crippen molar-refractivity contribution in [3.8, 4) is 0 Å². The number of anilines is 1. The summed E-state index contributed by atoms with van der Waals surface area (Å²) >= 11 is 0. The summed E-state index contributed by atoms with van der Waals surface area (Å²) in [4.78, 5) is 4.35. The molecule has 0 saturated heterocycles. The molecule has 17 heavy (non-hydrogen) atoms. The van der Waals surface area contributed by atoms with Gasteiger partial charge in [0.1, 0.15) is 5.76 Å². The summed E-state index contributed by atoms with van der Waals surface area (Å²) in [6, 6.07) is 7.73. The molecule has 0 aliphatic rings. The van der Waals surface area contributed by atoms with E-state index in [0.29, 0.717) is 12.5 Å². The molecule has 0 aromatic carbocycles. The molecular formula is C12H12N4O. The minimum Gasteiger partial charge on any atom is -0.467 e. The van der Waals surface area contributed by atoms with Gasteiger partial charge in [0.25, 0.3) is 0 Å². The van der Waals surface area contributed by atoms with Crippen LogP contribution in [0.3, 0.4) is 0 Å². The van der Waals surface area contributed by atoms with Crippen LogP contribution in [-0.4, -0.2) is 14.6 Å². The molecule has 0 bridgehead atoms. The Labute approximate surface area is 98.1 Å². The van der Waals surface area contributed by atoms with Crippen LogP contribution in [-0.2, 0) is 6.54 Å². The van der Waals surface area contributed by atoms with Crippen molar-refractivity contribution in [2.24, 2.45) is 0 Å². The predicted molar refractivity (Wildman–Crippen MR) is 63.8 cm³/mol. The normalized spacial score (nSPS) is 10.9. The second kappa shape index (κ2) is 3.93. The first-order valence-electron chi connectivity index (χ1n) is 5.40. The standard InChI is InChI=1S/C12H12N4O/c1-9-4-5-11-14-12(15-16(11)8-9)13-7-10-3-2-6-17-10/h2-6,8H,7H2,1H3,(H,13,15). The molecule has 3 aromatic rings. The van der Waals surface area contributed by atoms with E-state index < -0.39 is 0 Å². The van der Waals surface area contributed by atoms with Crippen LogP contribution in [0.2, 0.25) is 0 Å². The monoisotopic (exact) mass is 228 g/mol. The first-order chi connectivity index (χ1) is 8.31. The number of nitrogens with zero attached hydrogens (tertiary/aromatic N) is 3. The average Bonchev–Trinajstić information content (AvgIpc) is 2.94. The fraction of sp³-hybridized carbons (Fsp3) is 0.167. The van der Waals surface area contributed by atoms with E-state index in [1.807, 2.05) is 37.4 Å². The molecule has 3 heterocycles. The highest BCUT2D eigenvalue weighted by Crippen LogP contribution is 2.08. The van der Waals surface area contributed by atoms with Gasteiger partial charge in [-0.05, 0) is 30.7 Å². The van der Waals surface area contributed by atoms with Gasteiger partial charge >= 0.3 is 0 Å². The van der Waals surface area contributed by atoms with Gasteiger partial charge in [-0.15, -0.1) is 5.10 Å². The summed E-state index contributed by atoms with van der Waals surface area (Å²) < 4.78 is 6.99. The number of nitrogens with one attached hydrogen (secondary N) is 1. The van der Waals surface area contributed by atoms with Crippen molar-refractivity contribution in [1.29, 1.82) is 0 Å². The third-order valence-corrected chi connectivity index (χ3v) is 2.48. The Balaban J connectivity index is 1.81. The van der Waals surface area contributed by atoms with Gasteiger partial charge in [0.05, 0.1) is 12.8 Å². The fourth-order valence-electron chi connectivity index (χ4n) is 1.64. The van der Waals surface area contributed by atoms with Gasteiger partial charge in [-0.2, -0.15) is 4.98 Å². The van der Waals surface area contributed by atoms with Gasteiger partial charge in [-0.3, -0.25) is 0 Å². The molecule has 0 saturated carbocycles. The lowest BCUT2D eigenvalue weighted by Crippen LogP contribution is -1.99. The number of hydrogen-bond acceptors (Lipinski definition) is 4. The van der Waals surface area contributed by atoms with E-state index in [-0.39, 0.29) is 0 Å². The average molecular weight is 228 g/mol. The highest BCUT2D eigenvalue weighted by atomic mass is 16.3. The largest absolute Gasteiger partial charge is 0.467 e. The summed E-state index contributed by atoms with van der Waals surface area (Å²) in [6.07, 6.45) is 3.60. The van der Waals surface area contributed by atoms with Crippen LogP contribution in [0.4, 0.5) is 5.95 Å². The Morgan fingerprint density at radius 1 is 1.35 bits per heavy atom. The van der Waals surface area contributed by atoms with Crippen molar-refractivity contribution in [1.82, 2.24) is 14.6 Å². The Bertz CT molecular complexity index is 627. The lowest BCUT2D eigenvalue weighted by atomic mass is 10.3. The lowest BCUT2D eigenvalue weighted by molar-refractivity contribution is 0.517. The van der Waals surface area contributed by atoms with E-state index in [4.69, 9.17) is 4.42 Å². The smallest absolute Gasteiger partial charge is 0.243 e. The van der Waals surface area contributed by atoms with Gasteiger partial charge in [-0.1, -0.05) is 6.07 Å². The number of pyridine rings is 1. The molecule has 86 valence electrons. The summed E-state index contributed by atoms with van der Waals surface area (Å²) in [5.74, 6) is 1.46. The first kappa shape index (κ1) is 9.89. The summed E-state index contributed by atoms with van der Waals surface area (Å²) in [6.45, 7) is 2.61. The summed E-state index contributed by atoms with van der Waals surface area (Å²) in [5, 5.41) is 7.44. The Hall–Kier alpha value is -2.30. The minimum absolute atomic E-state index is 0.586. The van der Waals surface area contributed by atoms with Gasteiger partial charge < -0.3 is 9.73 Å². The Morgan fingerprint density at radius 2 is 2.29 bits per heavy atom. The third kappa shape index (κ3) is 1.99. The molecule has 0 amide bonds. The lowest BCUT2D eigenvalue weighted by Gasteiger charge is -1.96. The highest BCUT2D eigenvalue weighted by molar-refractivity contribution is 5.44. The fourth-order valence-corrected chi connectivity index (χ4v) is 1.64. The highest BCUT2D eigenvalue weighted by Gasteiger charge is 2.03. The zero-order valence-corrected chi connectivity index (χ0v) is 9.42. The van der Waals surface area contributed by atoms with Crippen molar-refractivity contribution in [2.75, 3.05) is 5.32 Å². The van der Waals surface area contributed by atoms with E-state index in [1.165, 1.54) is 0 Å². The van der Waals surface area contributed by atoms with Crippen molar-refractivity contribution in [3.05, 3.63) is 48.0 Å². The third-order valence-electron chi connectivity index (χ3n) is 2.48. The SMILES string of the molecule is Cc1ccc2nc(NCc3ccco3)nn2c1. The van der Waals surface area contributed by atoms with E-state index in [1.54, 1.807) is 10.8 Å². The van der Waals surface area contributed by atoms with Crippen LogP contribution in [0.25, 0.3) is 5.65 Å². The van der Waals surface area contributed by atoms with Crippen molar-refractivity contribution in [3.63, 3.8) is 0 Å². The maximum Gasteiger partial charge on any atom is 0.243 e. The van der Waals surface area contributed by atoms with Gasteiger partial charge in [0.2, 0.25) is 5.95 Å². The zero-order chi connectivity index (χ0) is 11.7. The molecule has 0 fully saturated rings. The molecule has 0 unspecified atom stereocenters. The summed E-state index contributed by atoms with van der Waals surface area (Å²) in [5.41, 5.74) is 1.98. The maximum atomic E-state index is 5.22. The topological polar surface area (TPSA) is 55.4 Å². The molecule has 0 aliphatic heterocycles. The number of aromatic nitrogens is 3. The Kier molecular flexibility index (Phi) is 2.29. The summed E-state index contributed by atoms with van der Waals surface area (Å²) in [7, 11) is 0. The number of hydrogen-bond donors (Lipinski definition) is 1. The van der Waals surface area contributed by atoms with Crippen LogP contribution in [0, 0.1) is 6.92 Å². The van der Waals surface area contributed by atoms with Crippen molar-refractivity contribution >= 4 is 11.6 Å². The van der Waals surface area contributed by atoms with Gasteiger partial charge in [0.15, 0.2) is 5.65 Å². The molecular weight excluding hydrogens is 216 g/mol. The molecule has 3 rings (SSSR count). The predicted octanol–water partition coefficient (Wildman–Crippen LogP) is 2.24. The zero-order valence-electron chi connectivity index (χ0n) is 9.42. The minimum atomic E-state index is 0.586. The number of aryl methyl sites for hydroxylation is 1. The quantitative estimate of drug-likeness (QED) is 0.747. The Morgan fingerprint density at radius 3 is 3.12 bits per heavy atom. The van der Waals surface area contributed by atoms with E-state index in [2.05, 4.69) is 15.4 Å². The number of furan rings is 1. The van der Waals surface area contributed by atoms with E-state index in [9.17, 15) is 0 Å². The van der Waals surface area contributed by atoms with Crippen LogP contribution >= 0.6 is 0 Å². The maximum absolute atomic E-state index is 5.22. The molecule has 3 aromatic heterocycles. The molecule has 0 atom stereocenters. The number of fused-ring (bicyclic) bond motifs is 1. The molecule has 0 radical (unpaired) electrons. The van der Waals surface area contributed by atoms with Crippen LogP contribution in [0.15, 0.2) is 41.1 Å².